The van der Waals surface area contributed by atoms with E-state index < -0.39 is 0 Å². The summed E-state index contributed by atoms with van der Waals surface area (Å²) in [5, 5.41) is 7.21. The Labute approximate surface area is 98.0 Å². The van der Waals surface area contributed by atoms with Gasteiger partial charge in [-0.15, -0.1) is 0 Å². The molecule has 0 aromatic rings. The molecule has 0 heterocycles. The third-order valence-electron chi connectivity index (χ3n) is 2.82. The lowest BCUT2D eigenvalue weighted by Gasteiger charge is -2.14. The molecule has 0 radical (unpaired) electrons. The Morgan fingerprint density at radius 2 is 2.20 bits per heavy atom. The molecule has 0 aliphatic heterocycles. The van der Waals surface area contributed by atoms with E-state index in [-0.39, 0.29) is 0 Å². The van der Waals surface area contributed by atoms with Crippen molar-refractivity contribution in [3.8, 4) is 0 Å². The maximum absolute atomic E-state index is 5.17. The zero-order valence-electron chi connectivity index (χ0n) is 9.71. The van der Waals surface area contributed by atoms with Crippen LogP contribution >= 0.6 is 12.2 Å². The second-order valence-electron chi connectivity index (χ2n) is 4.30. The van der Waals surface area contributed by atoms with Crippen molar-refractivity contribution in [2.45, 2.75) is 26.2 Å². The van der Waals surface area contributed by atoms with Crippen LogP contribution in [0.2, 0.25) is 0 Å². The minimum absolute atomic E-state index is 0.753. The summed E-state index contributed by atoms with van der Waals surface area (Å²) in [5.41, 5.74) is 0. The Balaban J connectivity index is 1.93. The van der Waals surface area contributed by atoms with Crippen LogP contribution in [0.5, 0.6) is 0 Å². The van der Waals surface area contributed by atoms with Crippen LogP contribution < -0.4 is 10.6 Å². The Hall–Kier alpha value is -0.350. The van der Waals surface area contributed by atoms with Gasteiger partial charge in [-0.3, -0.25) is 0 Å². The predicted octanol–water partition coefficient (Wildman–Crippen LogP) is 1.53. The first kappa shape index (κ1) is 12.7. The van der Waals surface area contributed by atoms with Crippen LogP contribution in [0.1, 0.15) is 26.2 Å². The van der Waals surface area contributed by atoms with E-state index in [2.05, 4.69) is 17.6 Å². The molecule has 1 unspecified atom stereocenters. The van der Waals surface area contributed by atoms with Gasteiger partial charge in [0.05, 0.1) is 0 Å². The van der Waals surface area contributed by atoms with Crippen LogP contribution in [0.25, 0.3) is 0 Å². The van der Waals surface area contributed by atoms with Crippen molar-refractivity contribution in [2.75, 3.05) is 26.8 Å². The molecule has 3 nitrogen and oxygen atoms in total. The highest BCUT2D eigenvalue weighted by Gasteiger charge is 2.27. The Morgan fingerprint density at radius 3 is 2.80 bits per heavy atom. The Bertz CT molecular complexity index is 195. The fourth-order valence-electron chi connectivity index (χ4n) is 1.57. The molecule has 0 aromatic heterocycles. The van der Waals surface area contributed by atoms with E-state index in [0.717, 1.165) is 43.1 Å². The fourth-order valence-corrected chi connectivity index (χ4v) is 1.75. The molecule has 1 fully saturated rings. The van der Waals surface area contributed by atoms with E-state index in [4.69, 9.17) is 17.0 Å². The number of rotatable bonds is 7. The first-order chi connectivity index (χ1) is 7.24. The molecule has 1 rings (SSSR count). The summed E-state index contributed by atoms with van der Waals surface area (Å²) in [6.07, 6.45) is 3.80. The minimum Gasteiger partial charge on any atom is -0.385 e. The number of hydrogen-bond acceptors (Lipinski definition) is 2. The van der Waals surface area contributed by atoms with Crippen LogP contribution in [0.3, 0.4) is 0 Å². The van der Waals surface area contributed by atoms with Crippen LogP contribution in [-0.2, 0) is 4.74 Å². The van der Waals surface area contributed by atoms with E-state index in [1.807, 2.05) is 0 Å². The van der Waals surface area contributed by atoms with Crippen molar-refractivity contribution < 1.29 is 4.74 Å². The molecule has 4 heteroatoms. The zero-order valence-corrected chi connectivity index (χ0v) is 10.5. The van der Waals surface area contributed by atoms with E-state index in [0.29, 0.717) is 0 Å². The number of methoxy groups -OCH3 is 1. The SMILES string of the molecule is COCCCNC(=S)NCC(C)C1CC1. The Morgan fingerprint density at radius 1 is 1.47 bits per heavy atom. The van der Waals surface area contributed by atoms with E-state index in [1.54, 1.807) is 7.11 Å². The highest BCUT2D eigenvalue weighted by molar-refractivity contribution is 7.80. The van der Waals surface area contributed by atoms with Crippen LogP contribution in [0.4, 0.5) is 0 Å². The topological polar surface area (TPSA) is 33.3 Å². The highest BCUT2D eigenvalue weighted by atomic mass is 32.1. The van der Waals surface area contributed by atoms with Crippen LogP contribution in [0, 0.1) is 11.8 Å². The normalized spacial score (nSPS) is 17.2. The molecule has 1 saturated carbocycles. The smallest absolute Gasteiger partial charge is 0.166 e. The van der Waals surface area contributed by atoms with Gasteiger partial charge in [-0.05, 0) is 43.3 Å². The molecule has 1 aliphatic rings. The molecule has 0 saturated heterocycles. The molecule has 0 amide bonds. The third kappa shape index (κ3) is 5.95. The molecule has 0 bridgehead atoms. The van der Waals surface area contributed by atoms with Crippen molar-refractivity contribution in [1.29, 1.82) is 0 Å². The van der Waals surface area contributed by atoms with Crippen molar-refractivity contribution in [2.24, 2.45) is 11.8 Å². The van der Waals surface area contributed by atoms with Crippen molar-refractivity contribution >= 4 is 17.3 Å². The summed E-state index contributed by atoms with van der Waals surface area (Å²) in [6, 6.07) is 0. The van der Waals surface area contributed by atoms with Gasteiger partial charge >= 0.3 is 0 Å². The lowest BCUT2D eigenvalue weighted by atomic mass is 10.1. The largest absolute Gasteiger partial charge is 0.385 e. The standard InChI is InChI=1S/C11H22N2OS/c1-9(10-4-5-10)8-13-11(15)12-6-3-7-14-2/h9-10H,3-8H2,1-2H3,(H2,12,13,15). The molecule has 0 spiro atoms. The van der Waals surface area contributed by atoms with E-state index >= 15 is 0 Å². The summed E-state index contributed by atoms with van der Waals surface area (Å²) in [6.45, 7) is 4.96. The summed E-state index contributed by atoms with van der Waals surface area (Å²) >= 11 is 5.17. The molecular formula is C11H22N2OS. The van der Waals surface area contributed by atoms with Gasteiger partial charge in [-0.1, -0.05) is 6.92 Å². The number of thiocarbonyl (C=S) groups is 1. The maximum atomic E-state index is 5.17. The second kappa shape index (κ2) is 7.01. The average molecular weight is 230 g/mol. The number of ether oxygens (including phenoxy) is 1. The van der Waals surface area contributed by atoms with Gasteiger partial charge in [-0.25, -0.2) is 0 Å². The van der Waals surface area contributed by atoms with Gasteiger partial charge in [0.25, 0.3) is 0 Å². The van der Waals surface area contributed by atoms with Crippen molar-refractivity contribution in [3.63, 3.8) is 0 Å². The van der Waals surface area contributed by atoms with E-state index in [1.165, 1.54) is 12.8 Å². The second-order valence-corrected chi connectivity index (χ2v) is 4.71. The molecule has 2 N–H and O–H groups in total. The quantitative estimate of drug-likeness (QED) is 0.513. The molecule has 15 heavy (non-hydrogen) atoms. The lowest BCUT2D eigenvalue weighted by Crippen LogP contribution is -2.38. The van der Waals surface area contributed by atoms with Gasteiger partial charge < -0.3 is 15.4 Å². The molecule has 1 aliphatic carbocycles. The average Bonchev–Trinajstić information content (AvgIpc) is 3.04. The van der Waals surface area contributed by atoms with Crippen LogP contribution in [-0.4, -0.2) is 31.9 Å². The van der Waals surface area contributed by atoms with Gasteiger partial charge in [0.15, 0.2) is 5.11 Å². The molecule has 0 aromatic carbocycles. The predicted molar refractivity (Wildman–Crippen MR) is 67.0 cm³/mol. The molecule has 1 atom stereocenters. The zero-order chi connectivity index (χ0) is 11.1. The first-order valence-electron chi connectivity index (χ1n) is 5.74. The Kier molecular flexibility index (Phi) is 5.95. The molecular weight excluding hydrogens is 208 g/mol. The summed E-state index contributed by atoms with van der Waals surface area (Å²) in [5.74, 6) is 1.69. The number of nitrogens with one attached hydrogen (secondary N) is 2. The van der Waals surface area contributed by atoms with Crippen LogP contribution in [0.15, 0.2) is 0 Å². The highest BCUT2D eigenvalue weighted by Crippen LogP contribution is 2.35. The minimum atomic E-state index is 0.753. The first-order valence-corrected chi connectivity index (χ1v) is 6.15. The summed E-state index contributed by atoms with van der Waals surface area (Å²) in [4.78, 5) is 0. The van der Waals surface area contributed by atoms with Gasteiger partial charge in [0.2, 0.25) is 0 Å². The fraction of sp³-hybridized carbons (Fsp3) is 0.909. The van der Waals surface area contributed by atoms with Crippen molar-refractivity contribution in [1.82, 2.24) is 10.6 Å². The number of hydrogen-bond donors (Lipinski definition) is 2. The van der Waals surface area contributed by atoms with Gasteiger partial charge in [0, 0.05) is 26.8 Å². The van der Waals surface area contributed by atoms with E-state index in [9.17, 15) is 0 Å². The maximum Gasteiger partial charge on any atom is 0.166 e. The van der Waals surface area contributed by atoms with Gasteiger partial charge in [-0.2, -0.15) is 0 Å². The molecule has 88 valence electrons. The third-order valence-corrected chi connectivity index (χ3v) is 3.11. The lowest BCUT2D eigenvalue weighted by molar-refractivity contribution is 0.195. The monoisotopic (exact) mass is 230 g/mol. The summed E-state index contributed by atoms with van der Waals surface area (Å²) in [7, 11) is 1.72. The van der Waals surface area contributed by atoms with Gasteiger partial charge in [0.1, 0.15) is 0 Å². The summed E-state index contributed by atoms with van der Waals surface area (Å²) < 4.78 is 4.96. The van der Waals surface area contributed by atoms with Crippen molar-refractivity contribution in [3.05, 3.63) is 0 Å².